The number of nitrogens with one attached hydrogen (secondary N) is 1. The Hall–Kier alpha value is -0.570. The molecule has 0 aromatic rings. The molecule has 0 bridgehead atoms. The summed E-state index contributed by atoms with van der Waals surface area (Å²) in [4.78, 5) is 11.5. The standard InChI is InChI=1S/C11H22N2O/c1-8(2)13-11(14)7-9-4-3-5-10(12)6-9/h8-10H,3-7,12H2,1-2H3,(H,13,14). The summed E-state index contributed by atoms with van der Waals surface area (Å²) in [6.07, 6.45) is 5.15. The van der Waals surface area contributed by atoms with Crippen LogP contribution in [-0.4, -0.2) is 18.0 Å². The highest BCUT2D eigenvalue weighted by Gasteiger charge is 2.21. The van der Waals surface area contributed by atoms with Gasteiger partial charge in [-0.2, -0.15) is 0 Å². The lowest BCUT2D eigenvalue weighted by atomic mass is 9.84. The van der Waals surface area contributed by atoms with Crippen LogP contribution in [0.1, 0.15) is 46.0 Å². The van der Waals surface area contributed by atoms with Crippen LogP contribution in [0.2, 0.25) is 0 Å². The third kappa shape index (κ3) is 4.09. The molecule has 0 aromatic heterocycles. The molecule has 0 saturated heterocycles. The molecule has 0 spiro atoms. The molecule has 1 rings (SSSR count). The van der Waals surface area contributed by atoms with Gasteiger partial charge in [0.1, 0.15) is 0 Å². The zero-order valence-electron chi connectivity index (χ0n) is 9.25. The number of hydrogen-bond acceptors (Lipinski definition) is 2. The van der Waals surface area contributed by atoms with E-state index in [-0.39, 0.29) is 11.9 Å². The predicted octanol–water partition coefficient (Wildman–Crippen LogP) is 1.42. The summed E-state index contributed by atoms with van der Waals surface area (Å²) < 4.78 is 0. The van der Waals surface area contributed by atoms with Crippen molar-refractivity contribution in [3.8, 4) is 0 Å². The first-order valence-electron chi connectivity index (χ1n) is 5.63. The first-order valence-corrected chi connectivity index (χ1v) is 5.63. The second-order valence-corrected chi connectivity index (χ2v) is 4.72. The maximum absolute atomic E-state index is 11.5. The zero-order valence-corrected chi connectivity index (χ0v) is 9.25. The van der Waals surface area contributed by atoms with E-state index in [0.717, 1.165) is 12.8 Å². The van der Waals surface area contributed by atoms with Crippen molar-refractivity contribution in [3.63, 3.8) is 0 Å². The highest BCUT2D eigenvalue weighted by atomic mass is 16.1. The van der Waals surface area contributed by atoms with Gasteiger partial charge in [0.2, 0.25) is 5.91 Å². The fourth-order valence-electron chi connectivity index (χ4n) is 2.16. The Morgan fingerprint density at radius 1 is 1.50 bits per heavy atom. The molecule has 1 fully saturated rings. The lowest BCUT2D eigenvalue weighted by Crippen LogP contribution is -2.34. The van der Waals surface area contributed by atoms with Crippen LogP contribution in [0.25, 0.3) is 0 Å². The average Bonchev–Trinajstić information content (AvgIpc) is 2.01. The summed E-state index contributed by atoms with van der Waals surface area (Å²) >= 11 is 0. The molecule has 0 aliphatic heterocycles. The van der Waals surface area contributed by atoms with E-state index in [0.29, 0.717) is 18.4 Å². The second-order valence-electron chi connectivity index (χ2n) is 4.72. The van der Waals surface area contributed by atoms with Crippen molar-refractivity contribution >= 4 is 5.91 Å². The Morgan fingerprint density at radius 2 is 2.21 bits per heavy atom. The summed E-state index contributed by atoms with van der Waals surface area (Å²) in [7, 11) is 0. The van der Waals surface area contributed by atoms with Gasteiger partial charge in [-0.15, -0.1) is 0 Å². The van der Waals surface area contributed by atoms with Gasteiger partial charge in [-0.1, -0.05) is 6.42 Å². The first-order chi connectivity index (χ1) is 6.58. The molecule has 3 heteroatoms. The molecule has 2 unspecified atom stereocenters. The predicted molar refractivity (Wildman–Crippen MR) is 57.8 cm³/mol. The summed E-state index contributed by atoms with van der Waals surface area (Å²) in [5.41, 5.74) is 5.87. The van der Waals surface area contributed by atoms with Crippen LogP contribution in [0.3, 0.4) is 0 Å². The molecule has 14 heavy (non-hydrogen) atoms. The summed E-state index contributed by atoms with van der Waals surface area (Å²) in [5, 5.41) is 2.93. The number of nitrogens with two attached hydrogens (primary N) is 1. The van der Waals surface area contributed by atoms with Gasteiger partial charge in [0, 0.05) is 18.5 Å². The monoisotopic (exact) mass is 198 g/mol. The highest BCUT2D eigenvalue weighted by molar-refractivity contribution is 5.76. The van der Waals surface area contributed by atoms with Gasteiger partial charge in [-0.25, -0.2) is 0 Å². The molecule has 0 heterocycles. The molecule has 3 N–H and O–H groups in total. The van der Waals surface area contributed by atoms with Crippen LogP contribution in [0.5, 0.6) is 0 Å². The van der Waals surface area contributed by atoms with Crippen LogP contribution in [0.4, 0.5) is 0 Å². The number of amides is 1. The Labute approximate surface area is 86.4 Å². The molecular formula is C11H22N2O. The Morgan fingerprint density at radius 3 is 2.79 bits per heavy atom. The number of carbonyl (C=O) groups excluding carboxylic acids is 1. The van der Waals surface area contributed by atoms with E-state index in [4.69, 9.17) is 5.73 Å². The Balaban J connectivity index is 2.25. The first kappa shape index (κ1) is 11.5. The van der Waals surface area contributed by atoms with Gasteiger partial charge in [-0.05, 0) is 39.0 Å². The molecule has 1 amide bonds. The number of hydrogen-bond donors (Lipinski definition) is 2. The van der Waals surface area contributed by atoms with Gasteiger partial charge < -0.3 is 11.1 Å². The van der Waals surface area contributed by atoms with Crippen LogP contribution < -0.4 is 11.1 Å². The van der Waals surface area contributed by atoms with Gasteiger partial charge in [0.15, 0.2) is 0 Å². The van der Waals surface area contributed by atoms with E-state index < -0.39 is 0 Å². The van der Waals surface area contributed by atoms with Crippen molar-refractivity contribution in [3.05, 3.63) is 0 Å². The number of rotatable bonds is 3. The quantitative estimate of drug-likeness (QED) is 0.720. The molecule has 1 aliphatic carbocycles. The van der Waals surface area contributed by atoms with Gasteiger partial charge >= 0.3 is 0 Å². The lowest BCUT2D eigenvalue weighted by molar-refractivity contribution is -0.122. The molecule has 0 aromatic carbocycles. The average molecular weight is 198 g/mol. The van der Waals surface area contributed by atoms with Crippen LogP contribution >= 0.6 is 0 Å². The molecule has 3 nitrogen and oxygen atoms in total. The van der Waals surface area contributed by atoms with Crippen molar-refractivity contribution in [1.29, 1.82) is 0 Å². The van der Waals surface area contributed by atoms with E-state index in [2.05, 4.69) is 5.32 Å². The minimum absolute atomic E-state index is 0.180. The largest absolute Gasteiger partial charge is 0.354 e. The summed E-state index contributed by atoms with van der Waals surface area (Å²) in [6.45, 7) is 3.98. The third-order valence-electron chi connectivity index (χ3n) is 2.75. The van der Waals surface area contributed by atoms with Crippen molar-refractivity contribution < 1.29 is 4.79 Å². The van der Waals surface area contributed by atoms with Gasteiger partial charge in [-0.3, -0.25) is 4.79 Å². The number of carbonyl (C=O) groups is 1. The van der Waals surface area contributed by atoms with Crippen LogP contribution in [0, 0.1) is 5.92 Å². The Bertz CT molecular complexity index is 192. The SMILES string of the molecule is CC(C)NC(=O)CC1CCCC(N)C1. The second kappa shape index (κ2) is 5.35. The van der Waals surface area contributed by atoms with E-state index in [1.807, 2.05) is 13.8 Å². The van der Waals surface area contributed by atoms with Gasteiger partial charge in [0.25, 0.3) is 0 Å². The van der Waals surface area contributed by atoms with Crippen molar-refractivity contribution in [2.75, 3.05) is 0 Å². The molecule has 0 radical (unpaired) electrons. The fraction of sp³-hybridized carbons (Fsp3) is 0.909. The van der Waals surface area contributed by atoms with E-state index in [9.17, 15) is 4.79 Å². The van der Waals surface area contributed by atoms with Crippen LogP contribution in [-0.2, 0) is 4.79 Å². The van der Waals surface area contributed by atoms with Gasteiger partial charge in [0.05, 0.1) is 0 Å². The molecule has 82 valence electrons. The van der Waals surface area contributed by atoms with E-state index in [1.54, 1.807) is 0 Å². The maximum Gasteiger partial charge on any atom is 0.220 e. The van der Waals surface area contributed by atoms with E-state index >= 15 is 0 Å². The molecular weight excluding hydrogens is 176 g/mol. The van der Waals surface area contributed by atoms with Crippen molar-refractivity contribution in [2.24, 2.45) is 11.7 Å². The normalized spacial score (nSPS) is 27.7. The lowest BCUT2D eigenvalue weighted by Gasteiger charge is -2.26. The highest BCUT2D eigenvalue weighted by Crippen LogP contribution is 2.25. The smallest absolute Gasteiger partial charge is 0.220 e. The third-order valence-corrected chi connectivity index (χ3v) is 2.75. The van der Waals surface area contributed by atoms with Crippen LogP contribution in [0.15, 0.2) is 0 Å². The minimum atomic E-state index is 0.180. The summed E-state index contributed by atoms with van der Waals surface area (Å²) in [6, 6.07) is 0.570. The topological polar surface area (TPSA) is 55.1 Å². The summed E-state index contributed by atoms with van der Waals surface area (Å²) in [5.74, 6) is 0.691. The maximum atomic E-state index is 11.5. The zero-order chi connectivity index (χ0) is 10.6. The van der Waals surface area contributed by atoms with Crippen molar-refractivity contribution in [2.45, 2.75) is 58.0 Å². The minimum Gasteiger partial charge on any atom is -0.354 e. The Kier molecular flexibility index (Phi) is 4.39. The van der Waals surface area contributed by atoms with Crippen molar-refractivity contribution in [1.82, 2.24) is 5.32 Å². The van der Waals surface area contributed by atoms with E-state index in [1.165, 1.54) is 12.8 Å². The molecule has 1 aliphatic rings. The molecule has 2 atom stereocenters. The molecule has 1 saturated carbocycles. The fourth-order valence-corrected chi connectivity index (χ4v) is 2.16.